The van der Waals surface area contributed by atoms with Crippen molar-refractivity contribution >= 4 is 17.3 Å². The molecule has 1 amide bonds. The smallest absolute Gasteiger partial charge is 0.293 e. The monoisotopic (exact) mass is 345 g/mol. The van der Waals surface area contributed by atoms with Crippen LogP contribution in [0.4, 0.5) is 11.4 Å². The number of rotatable bonds is 3. The van der Waals surface area contributed by atoms with Crippen molar-refractivity contribution in [1.82, 2.24) is 4.90 Å². The fourth-order valence-electron chi connectivity index (χ4n) is 3.95. The summed E-state index contributed by atoms with van der Waals surface area (Å²) in [6, 6.07) is 5.21. The van der Waals surface area contributed by atoms with E-state index < -0.39 is 0 Å². The lowest BCUT2D eigenvalue weighted by molar-refractivity contribution is -0.384. The molecule has 2 aliphatic heterocycles. The van der Waals surface area contributed by atoms with Crippen molar-refractivity contribution in [3.63, 3.8) is 0 Å². The minimum Gasteiger partial charge on any atom is -0.366 e. The molecule has 0 saturated carbocycles. The summed E-state index contributed by atoms with van der Waals surface area (Å²) in [6.45, 7) is 4.48. The minimum atomic E-state index is -0.351. The highest BCUT2D eigenvalue weighted by molar-refractivity contribution is 5.96. The highest BCUT2D eigenvalue weighted by Crippen LogP contribution is 2.32. The number of nitrogens with zero attached hydrogens (tertiary/aromatic N) is 3. The third-order valence-corrected chi connectivity index (χ3v) is 5.43. The Morgan fingerprint density at radius 1 is 1.08 bits per heavy atom. The van der Waals surface area contributed by atoms with E-state index in [9.17, 15) is 14.9 Å². The molecule has 0 aromatic heterocycles. The summed E-state index contributed by atoms with van der Waals surface area (Å²) in [6.07, 6.45) is 7.61. The van der Waals surface area contributed by atoms with E-state index in [-0.39, 0.29) is 22.6 Å². The van der Waals surface area contributed by atoms with Crippen molar-refractivity contribution < 1.29 is 9.72 Å². The average Bonchev–Trinajstić information content (AvgIpc) is 2.90. The Kier molecular flexibility index (Phi) is 5.56. The standard InChI is InChI=1S/C19H27N3O3/c1-15-8-4-7-13-21(15)19(23)16-9-10-17(18(14-16)22(24)25)20-11-5-2-3-6-12-20/h9-10,14-15H,2-8,11-13H2,1H3/t15-/m0/s1. The van der Waals surface area contributed by atoms with Crippen LogP contribution in [0.5, 0.6) is 0 Å². The first-order valence-electron chi connectivity index (χ1n) is 9.42. The van der Waals surface area contributed by atoms with Gasteiger partial charge in [0.2, 0.25) is 0 Å². The zero-order valence-electron chi connectivity index (χ0n) is 14.9. The van der Waals surface area contributed by atoms with Gasteiger partial charge in [0.1, 0.15) is 5.69 Å². The number of hydrogen-bond acceptors (Lipinski definition) is 4. The Morgan fingerprint density at radius 2 is 1.76 bits per heavy atom. The molecule has 0 aliphatic carbocycles. The molecular weight excluding hydrogens is 318 g/mol. The molecule has 0 bridgehead atoms. The van der Waals surface area contributed by atoms with Crippen LogP contribution in [0.25, 0.3) is 0 Å². The number of hydrogen-bond donors (Lipinski definition) is 0. The van der Waals surface area contributed by atoms with Gasteiger partial charge < -0.3 is 9.80 Å². The topological polar surface area (TPSA) is 66.7 Å². The Balaban J connectivity index is 1.88. The molecule has 136 valence electrons. The van der Waals surface area contributed by atoms with Crippen LogP contribution < -0.4 is 4.90 Å². The number of likely N-dealkylation sites (tertiary alicyclic amines) is 1. The van der Waals surface area contributed by atoms with Gasteiger partial charge in [-0.05, 0) is 51.2 Å². The van der Waals surface area contributed by atoms with Crippen molar-refractivity contribution in [1.29, 1.82) is 0 Å². The number of nitro groups is 1. The van der Waals surface area contributed by atoms with E-state index in [2.05, 4.69) is 11.8 Å². The molecule has 0 spiro atoms. The first-order valence-corrected chi connectivity index (χ1v) is 9.42. The molecule has 1 aromatic rings. The molecule has 6 nitrogen and oxygen atoms in total. The van der Waals surface area contributed by atoms with Crippen LogP contribution in [0.2, 0.25) is 0 Å². The molecule has 0 radical (unpaired) electrons. The first kappa shape index (κ1) is 17.7. The number of carbonyl (C=O) groups is 1. The molecule has 2 saturated heterocycles. The Bertz CT molecular complexity index is 639. The minimum absolute atomic E-state index is 0.0532. The highest BCUT2D eigenvalue weighted by atomic mass is 16.6. The summed E-state index contributed by atoms with van der Waals surface area (Å²) in [7, 11) is 0. The predicted molar refractivity (Wildman–Crippen MR) is 98.1 cm³/mol. The SMILES string of the molecule is C[C@H]1CCCCN1C(=O)c1ccc(N2CCCCCC2)c([N+](=O)[O-])c1. The van der Waals surface area contributed by atoms with Gasteiger partial charge in [0.05, 0.1) is 4.92 Å². The van der Waals surface area contributed by atoms with E-state index in [0.29, 0.717) is 11.3 Å². The van der Waals surface area contributed by atoms with Gasteiger partial charge in [0.25, 0.3) is 11.6 Å². The molecule has 0 unspecified atom stereocenters. The molecule has 2 heterocycles. The molecule has 1 atom stereocenters. The summed E-state index contributed by atoms with van der Waals surface area (Å²) < 4.78 is 0. The lowest BCUT2D eigenvalue weighted by Gasteiger charge is -2.33. The summed E-state index contributed by atoms with van der Waals surface area (Å²) in [5.41, 5.74) is 1.13. The number of nitro benzene ring substituents is 1. The van der Waals surface area contributed by atoms with E-state index >= 15 is 0 Å². The van der Waals surface area contributed by atoms with E-state index in [0.717, 1.165) is 51.7 Å². The number of carbonyl (C=O) groups excluding carboxylic acids is 1. The number of anilines is 1. The fraction of sp³-hybridized carbons (Fsp3) is 0.632. The van der Waals surface area contributed by atoms with Gasteiger partial charge in [0.15, 0.2) is 0 Å². The second-order valence-electron chi connectivity index (χ2n) is 7.21. The second kappa shape index (κ2) is 7.85. The Hall–Kier alpha value is -2.11. The summed E-state index contributed by atoms with van der Waals surface area (Å²) in [5, 5.41) is 11.6. The molecule has 25 heavy (non-hydrogen) atoms. The third kappa shape index (κ3) is 3.94. The van der Waals surface area contributed by atoms with E-state index in [4.69, 9.17) is 0 Å². The maximum atomic E-state index is 12.8. The number of amides is 1. The van der Waals surface area contributed by atoms with Gasteiger partial charge in [-0.15, -0.1) is 0 Å². The van der Waals surface area contributed by atoms with Crippen LogP contribution in [-0.2, 0) is 0 Å². The van der Waals surface area contributed by atoms with Gasteiger partial charge in [0, 0.05) is 37.3 Å². The van der Waals surface area contributed by atoms with E-state index in [1.54, 1.807) is 12.1 Å². The average molecular weight is 345 g/mol. The summed E-state index contributed by atoms with van der Waals surface area (Å²) in [4.78, 5) is 28.0. The van der Waals surface area contributed by atoms with Gasteiger partial charge in [-0.25, -0.2) is 0 Å². The van der Waals surface area contributed by atoms with Gasteiger partial charge in [-0.1, -0.05) is 12.8 Å². The van der Waals surface area contributed by atoms with Crippen molar-refractivity contribution in [2.75, 3.05) is 24.5 Å². The maximum Gasteiger partial charge on any atom is 0.293 e. The Labute approximate surface area is 148 Å². The van der Waals surface area contributed by atoms with Gasteiger partial charge in [-0.3, -0.25) is 14.9 Å². The Morgan fingerprint density at radius 3 is 2.40 bits per heavy atom. The summed E-state index contributed by atoms with van der Waals surface area (Å²) in [5.74, 6) is -0.0854. The van der Waals surface area contributed by atoms with E-state index in [1.807, 2.05) is 4.90 Å². The molecule has 2 fully saturated rings. The largest absolute Gasteiger partial charge is 0.366 e. The molecule has 6 heteroatoms. The molecular formula is C19H27N3O3. The first-order chi connectivity index (χ1) is 12.1. The lowest BCUT2D eigenvalue weighted by atomic mass is 10.0. The number of benzene rings is 1. The van der Waals surface area contributed by atoms with Crippen LogP contribution in [0.15, 0.2) is 18.2 Å². The predicted octanol–water partition coefficient (Wildman–Crippen LogP) is 3.99. The van der Waals surface area contributed by atoms with Crippen LogP contribution in [-0.4, -0.2) is 41.4 Å². The van der Waals surface area contributed by atoms with E-state index in [1.165, 1.54) is 18.9 Å². The maximum absolute atomic E-state index is 12.8. The van der Waals surface area contributed by atoms with Crippen molar-refractivity contribution in [3.8, 4) is 0 Å². The normalized spacial score (nSPS) is 21.7. The van der Waals surface area contributed by atoms with Gasteiger partial charge >= 0.3 is 0 Å². The van der Waals surface area contributed by atoms with Crippen molar-refractivity contribution in [2.24, 2.45) is 0 Å². The summed E-state index contributed by atoms with van der Waals surface area (Å²) >= 11 is 0. The van der Waals surface area contributed by atoms with Gasteiger partial charge in [-0.2, -0.15) is 0 Å². The van der Waals surface area contributed by atoms with Crippen LogP contribution >= 0.6 is 0 Å². The van der Waals surface area contributed by atoms with Crippen molar-refractivity contribution in [2.45, 2.75) is 57.9 Å². The molecule has 1 aromatic carbocycles. The highest BCUT2D eigenvalue weighted by Gasteiger charge is 2.27. The third-order valence-electron chi connectivity index (χ3n) is 5.43. The van der Waals surface area contributed by atoms with Crippen LogP contribution in [0, 0.1) is 10.1 Å². The second-order valence-corrected chi connectivity index (χ2v) is 7.21. The number of piperidine rings is 1. The van der Waals surface area contributed by atoms with Crippen LogP contribution in [0.3, 0.4) is 0 Å². The molecule has 0 N–H and O–H groups in total. The van der Waals surface area contributed by atoms with Crippen LogP contribution in [0.1, 0.15) is 62.2 Å². The van der Waals surface area contributed by atoms with Crippen molar-refractivity contribution in [3.05, 3.63) is 33.9 Å². The zero-order chi connectivity index (χ0) is 17.8. The zero-order valence-corrected chi connectivity index (χ0v) is 14.9. The quantitative estimate of drug-likeness (QED) is 0.614. The fourth-order valence-corrected chi connectivity index (χ4v) is 3.95. The lowest BCUT2D eigenvalue weighted by Crippen LogP contribution is -2.42. The molecule has 3 rings (SSSR count). The molecule has 2 aliphatic rings.